The molecule has 0 aromatic heterocycles. The molecule has 1 atom stereocenters. The molecule has 1 aromatic rings. The van der Waals surface area contributed by atoms with Gasteiger partial charge in [-0.2, -0.15) is 0 Å². The average Bonchev–Trinajstić information content (AvgIpc) is 2.56. The number of piperazine rings is 1. The zero-order chi connectivity index (χ0) is 17.9. The van der Waals surface area contributed by atoms with Crippen LogP contribution in [0.15, 0.2) is 24.3 Å². The van der Waals surface area contributed by atoms with Crippen molar-refractivity contribution >= 4 is 11.9 Å². The summed E-state index contributed by atoms with van der Waals surface area (Å²) in [6.07, 6.45) is 3.18. The molecule has 2 aliphatic rings. The van der Waals surface area contributed by atoms with E-state index in [1.54, 1.807) is 19.2 Å². The number of benzene rings is 1. The number of carbonyl (C=O) groups excluding carboxylic acids is 2. The van der Waals surface area contributed by atoms with Gasteiger partial charge in [-0.05, 0) is 30.5 Å². The van der Waals surface area contributed by atoms with E-state index in [0.29, 0.717) is 31.8 Å². The number of nitrogens with one attached hydrogen (secondary N) is 2. The lowest BCUT2D eigenvalue weighted by Gasteiger charge is -2.42. The molecule has 6 nitrogen and oxygen atoms in total. The van der Waals surface area contributed by atoms with Crippen LogP contribution in [0.4, 0.5) is 9.18 Å². The summed E-state index contributed by atoms with van der Waals surface area (Å²) >= 11 is 0. The Kier molecular flexibility index (Phi) is 5.22. The van der Waals surface area contributed by atoms with Gasteiger partial charge in [0.15, 0.2) is 0 Å². The minimum Gasteiger partial charge on any atom is -0.384 e. The van der Waals surface area contributed by atoms with Crippen molar-refractivity contribution in [1.29, 1.82) is 0 Å². The van der Waals surface area contributed by atoms with Crippen LogP contribution < -0.4 is 10.6 Å². The fourth-order valence-electron chi connectivity index (χ4n) is 3.61. The monoisotopic (exact) mass is 349 g/mol. The highest BCUT2D eigenvalue weighted by Crippen LogP contribution is 2.40. The lowest BCUT2D eigenvalue weighted by Crippen LogP contribution is -2.56. The van der Waals surface area contributed by atoms with Crippen molar-refractivity contribution in [1.82, 2.24) is 15.5 Å². The second kappa shape index (κ2) is 7.39. The highest BCUT2D eigenvalue weighted by atomic mass is 19.1. The number of carbonyl (C=O) groups is 2. The number of halogens is 1. The topological polar surface area (TPSA) is 70.7 Å². The Bertz CT molecular complexity index is 648. The summed E-state index contributed by atoms with van der Waals surface area (Å²) in [5, 5.41) is 5.69. The molecule has 3 amide bonds. The van der Waals surface area contributed by atoms with Crippen LogP contribution in [-0.4, -0.2) is 50.2 Å². The van der Waals surface area contributed by atoms with Crippen molar-refractivity contribution in [2.24, 2.45) is 5.41 Å². The number of hydrogen-bond acceptors (Lipinski definition) is 3. The molecule has 0 radical (unpaired) electrons. The molecular formula is C18H24FN3O3. The first kappa shape index (κ1) is 17.7. The number of methoxy groups -OCH3 is 1. The van der Waals surface area contributed by atoms with Crippen LogP contribution in [0.1, 0.15) is 30.9 Å². The van der Waals surface area contributed by atoms with Crippen molar-refractivity contribution in [3.63, 3.8) is 0 Å². The molecule has 0 bridgehead atoms. The second-order valence-electron chi connectivity index (χ2n) is 6.89. The molecule has 25 heavy (non-hydrogen) atoms. The molecule has 3 rings (SSSR count). The van der Waals surface area contributed by atoms with Gasteiger partial charge in [-0.1, -0.05) is 18.6 Å². The van der Waals surface area contributed by atoms with Gasteiger partial charge in [0.1, 0.15) is 11.9 Å². The first-order valence-electron chi connectivity index (χ1n) is 8.61. The second-order valence-corrected chi connectivity index (χ2v) is 6.89. The molecule has 1 aromatic carbocycles. The largest absolute Gasteiger partial charge is 0.384 e. The van der Waals surface area contributed by atoms with Crippen LogP contribution in [-0.2, 0) is 9.53 Å². The van der Waals surface area contributed by atoms with Crippen molar-refractivity contribution in [3.8, 4) is 0 Å². The van der Waals surface area contributed by atoms with E-state index in [-0.39, 0.29) is 17.4 Å². The normalized spacial score (nSPS) is 22.1. The third-order valence-corrected chi connectivity index (χ3v) is 5.12. The van der Waals surface area contributed by atoms with Gasteiger partial charge in [0.05, 0.1) is 6.61 Å². The summed E-state index contributed by atoms with van der Waals surface area (Å²) in [6, 6.07) is 4.71. The van der Waals surface area contributed by atoms with Crippen molar-refractivity contribution < 1.29 is 18.7 Å². The molecule has 0 spiro atoms. The van der Waals surface area contributed by atoms with Crippen molar-refractivity contribution in [2.75, 3.05) is 33.4 Å². The molecule has 1 saturated heterocycles. The zero-order valence-corrected chi connectivity index (χ0v) is 14.4. The number of nitrogens with zero attached hydrogens (tertiary/aromatic N) is 1. The maximum atomic E-state index is 13.6. The first-order valence-corrected chi connectivity index (χ1v) is 8.61. The van der Waals surface area contributed by atoms with Crippen LogP contribution in [0.2, 0.25) is 0 Å². The maximum absolute atomic E-state index is 13.6. The van der Waals surface area contributed by atoms with Gasteiger partial charge in [0, 0.05) is 32.2 Å². The zero-order valence-electron chi connectivity index (χ0n) is 14.4. The maximum Gasteiger partial charge on any atom is 0.318 e. The Morgan fingerprint density at radius 2 is 2.28 bits per heavy atom. The standard InChI is InChI=1S/C18H24FN3O3/c1-25-12-18(6-3-7-18)11-21-17(24)22-9-8-20-16(23)15(22)13-4-2-5-14(19)10-13/h2,4-5,10,15H,3,6-9,11-12H2,1H3,(H,20,23)(H,21,24)/t15-/m1/s1. The highest BCUT2D eigenvalue weighted by molar-refractivity contribution is 5.89. The Labute approximate surface area is 146 Å². The van der Waals surface area contributed by atoms with Gasteiger partial charge >= 0.3 is 6.03 Å². The van der Waals surface area contributed by atoms with Crippen LogP contribution in [0.3, 0.4) is 0 Å². The molecule has 7 heteroatoms. The lowest BCUT2D eigenvalue weighted by molar-refractivity contribution is -0.127. The van der Waals surface area contributed by atoms with Gasteiger partial charge in [-0.25, -0.2) is 9.18 Å². The van der Waals surface area contributed by atoms with E-state index >= 15 is 0 Å². The van der Waals surface area contributed by atoms with E-state index in [9.17, 15) is 14.0 Å². The van der Waals surface area contributed by atoms with E-state index in [2.05, 4.69) is 10.6 Å². The summed E-state index contributed by atoms with van der Waals surface area (Å²) in [6.45, 7) is 1.91. The van der Waals surface area contributed by atoms with Crippen LogP contribution in [0, 0.1) is 11.2 Å². The Morgan fingerprint density at radius 1 is 1.48 bits per heavy atom. The van der Waals surface area contributed by atoms with Gasteiger partial charge < -0.3 is 20.3 Å². The number of urea groups is 1. The highest BCUT2D eigenvalue weighted by Gasteiger charge is 2.39. The van der Waals surface area contributed by atoms with E-state index in [1.807, 2.05) is 0 Å². The van der Waals surface area contributed by atoms with Gasteiger partial charge in [-0.3, -0.25) is 4.79 Å². The van der Waals surface area contributed by atoms with Crippen LogP contribution in [0.25, 0.3) is 0 Å². The predicted molar refractivity (Wildman–Crippen MR) is 90.4 cm³/mol. The van der Waals surface area contributed by atoms with E-state index < -0.39 is 11.9 Å². The minimum atomic E-state index is -0.816. The molecular weight excluding hydrogens is 325 g/mol. The summed E-state index contributed by atoms with van der Waals surface area (Å²) < 4.78 is 18.8. The quantitative estimate of drug-likeness (QED) is 0.852. The smallest absolute Gasteiger partial charge is 0.318 e. The number of rotatable bonds is 5. The molecule has 2 fully saturated rings. The van der Waals surface area contributed by atoms with Crippen molar-refractivity contribution in [2.45, 2.75) is 25.3 Å². The van der Waals surface area contributed by atoms with Crippen LogP contribution >= 0.6 is 0 Å². The molecule has 1 heterocycles. The van der Waals surface area contributed by atoms with E-state index in [0.717, 1.165) is 19.3 Å². The molecule has 0 unspecified atom stereocenters. The Hall–Kier alpha value is -2.15. The summed E-state index contributed by atoms with van der Waals surface area (Å²) in [7, 11) is 1.66. The SMILES string of the molecule is COCC1(CNC(=O)N2CCNC(=O)[C@H]2c2cccc(F)c2)CCC1. The molecule has 136 valence electrons. The molecule has 1 aliphatic heterocycles. The van der Waals surface area contributed by atoms with E-state index in [4.69, 9.17) is 4.74 Å². The predicted octanol–water partition coefficient (Wildman–Crippen LogP) is 1.82. The fourth-order valence-corrected chi connectivity index (χ4v) is 3.61. The van der Waals surface area contributed by atoms with E-state index in [1.165, 1.54) is 17.0 Å². The third-order valence-electron chi connectivity index (χ3n) is 5.12. The third kappa shape index (κ3) is 3.76. The summed E-state index contributed by atoms with van der Waals surface area (Å²) in [4.78, 5) is 26.5. The number of amides is 3. The number of hydrogen-bond donors (Lipinski definition) is 2. The minimum absolute atomic E-state index is 0.00317. The van der Waals surface area contributed by atoms with Gasteiger partial charge in [0.2, 0.25) is 5.91 Å². The summed E-state index contributed by atoms with van der Waals surface area (Å²) in [5.74, 6) is -0.716. The molecule has 2 N–H and O–H groups in total. The summed E-state index contributed by atoms with van der Waals surface area (Å²) in [5.41, 5.74) is 0.471. The Morgan fingerprint density at radius 3 is 2.92 bits per heavy atom. The van der Waals surface area contributed by atoms with Crippen molar-refractivity contribution in [3.05, 3.63) is 35.6 Å². The average molecular weight is 349 g/mol. The first-order chi connectivity index (χ1) is 12.0. The molecule has 1 aliphatic carbocycles. The Balaban J connectivity index is 1.71. The fraction of sp³-hybridized carbons (Fsp3) is 0.556. The van der Waals surface area contributed by atoms with Gasteiger partial charge in [0.25, 0.3) is 0 Å². The van der Waals surface area contributed by atoms with Crippen LogP contribution in [0.5, 0.6) is 0 Å². The molecule has 1 saturated carbocycles. The number of ether oxygens (including phenoxy) is 1. The lowest BCUT2D eigenvalue weighted by atomic mass is 9.69. The van der Waals surface area contributed by atoms with Gasteiger partial charge in [-0.15, -0.1) is 0 Å².